The maximum atomic E-state index is 13.5. The zero-order valence-electron chi connectivity index (χ0n) is 18.8. The van der Waals surface area contributed by atoms with Gasteiger partial charge in [-0.3, -0.25) is 14.5 Å². The van der Waals surface area contributed by atoms with Crippen molar-refractivity contribution >= 4 is 23.6 Å². The van der Waals surface area contributed by atoms with E-state index < -0.39 is 18.2 Å². The van der Waals surface area contributed by atoms with Gasteiger partial charge in [0.05, 0.1) is 6.54 Å². The van der Waals surface area contributed by atoms with Crippen LogP contribution in [0, 0.1) is 11.7 Å². The van der Waals surface area contributed by atoms with E-state index in [1.807, 2.05) is 13.8 Å². The second-order valence-corrected chi connectivity index (χ2v) is 8.80. The van der Waals surface area contributed by atoms with Crippen molar-refractivity contribution in [3.63, 3.8) is 0 Å². The SMILES string of the molecule is CC(C)C(=O)Nc1ccc([C@H]2OC(=O)N(Cc3ccc(F)cc3)[C@@H]2C(=O)N2CCCC2)cc1. The molecule has 33 heavy (non-hydrogen) atoms. The number of rotatable bonds is 6. The smallest absolute Gasteiger partial charge is 0.411 e. The van der Waals surface area contributed by atoms with Gasteiger partial charge in [0.1, 0.15) is 5.82 Å². The van der Waals surface area contributed by atoms with E-state index in [1.165, 1.54) is 17.0 Å². The fourth-order valence-electron chi connectivity index (χ4n) is 4.15. The van der Waals surface area contributed by atoms with Gasteiger partial charge in [0.25, 0.3) is 0 Å². The lowest BCUT2D eigenvalue weighted by molar-refractivity contribution is -0.135. The van der Waals surface area contributed by atoms with Crippen LogP contribution in [0.1, 0.15) is 43.9 Å². The second-order valence-electron chi connectivity index (χ2n) is 8.80. The molecule has 2 atom stereocenters. The molecule has 2 fully saturated rings. The predicted octanol–water partition coefficient (Wildman–Crippen LogP) is 4.10. The molecule has 0 aromatic heterocycles. The molecule has 174 valence electrons. The first-order valence-corrected chi connectivity index (χ1v) is 11.2. The van der Waals surface area contributed by atoms with Gasteiger partial charge in [-0.05, 0) is 48.2 Å². The van der Waals surface area contributed by atoms with E-state index in [2.05, 4.69) is 5.32 Å². The van der Waals surface area contributed by atoms with Gasteiger partial charge < -0.3 is 15.0 Å². The summed E-state index contributed by atoms with van der Waals surface area (Å²) in [4.78, 5) is 41.5. The molecule has 2 aliphatic rings. The summed E-state index contributed by atoms with van der Waals surface area (Å²) in [6.07, 6.45) is 0.500. The highest BCUT2D eigenvalue weighted by Crippen LogP contribution is 2.36. The van der Waals surface area contributed by atoms with Gasteiger partial charge in [-0.25, -0.2) is 9.18 Å². The number of hydrogen-bond acceptors (Lipinski definition) is 4. The van der Waals surface area contributed by atoms with Crippen LogP contribution in [0.4, 0.5) is 14.9 Å². The Kier molecular flexibility index (Phi) is 6.62. The highest BCUT2D eigenvalue weighted by Gasteiger charge is 2.48. The molecule has 2 aromatic rings. The van der Waals surface area contributed by atoms with E-state index in [0.717, 1.165) is 12.8 Å². The first-order chi connectivity index (χ1) is 15.8. The fourth-order valence-corrected chi connectivity index (χ4v) is 4.15. The Morgan fingerprint density at radius 3 is 2.30 bits per heavy atom. The van der Waals surface area contributed by atoms with Gasteiger partial charge in [-0.2, -0.15) is 0 Å². The molecule has 2 aromatic carbocycles. The third-order valence-electron chi connectivity index (χ3n) is 6.05. The molecular weight excluding hydrogens is 425 g/mol. The van der Waals surface area contributed by atoms with Crippen molar-refractivity contribution in [1.29, 1.82) is 0 Å². The molecule has 0 radical (unpaired) electrons. The first-order valence-electron chi connectivity index (χ1n) is 11.2. The number of carbonyl (C=O) groups excluding carboxylic acids is 3. The van der Waals surface area contributed by atoms with Gasteiger partial charge >= 0.3 is 6.09 Å². The first kappa shape index (κ1) is 22.8. The molecule has 2 heterocycles. The molecule has 2 saturated heterocycles. The Hall–Kier alpha value is -3.42. The van der Waals surface area contributed by atoms with Gasteiger partial charge in [0.2, 0.25) is 11.8 Å². The van der Waals surface area contributed by atoms with Crippen molar-refractivity contribution in [1.82, 2.24) is 9.80 Å². The Labute approximate surface area is 192 Å². The number of carbonyl (C=O) groups is 3. The summed E-state index contributed by atoms with van der Waals surface area (Å²) in [5.74, 6) is -0.761. The molecule has 8 heteroatoms. The highest BCUT2D eigenvalue weighted by molar-refractivity contribution is 5.92. The third-order valence-corrected chi connectivity index (χ3v) is 6.05. The van der Waals surface area contributed by atoms with Gasteiger partial charge in [0, 0.05) is 24.7 Å². The second kappa shape index (κ2) is 9.60. The standard InChI is InChI=1S/C25H28FN3O4/c1-16(2)23(30)27-20-11-7-18(8-12-20)22-21(24(31)28-13-3-4-14-28)29(25(32)33-22)15-17-5-9-19(26)10-6-17/h5-12,16,21-22H,3-4,13-15H2,1-2H3,(H,27,30)/t21-,22+/m0/s1. The lowest BCUT2D eigenvalue weighted by atomic mass is 9.99. The molecule has 3 amide bonds. The van der Waals surface area contributed by atoms with Crippen LogP contribution in [0.25, 0.3) is 0 Å². The lowest BCUT2D eigenvalue weighted by Crippen LogP contribution is -2.47. The number of halogens is 1. The monoisotopic (exact) mass is 453 g/mol. The zero-order chi connectivity index (χ0) is 23.5. The summed E-state index contributed by atoms with van der Waals surface area (Å²) in [7, 11) is 0. The number of amides is 3. The van der Waals surface area contributed by atoms with Crippen LogP contribution in [0.5, 0.6) is 0 Å². The van der Waals surface area contributed by atoms with Crippen LogP contribution in [-0.2, 0) is 20.9 Å². The normalized spacial score (nSPS) is 20.3. The summed E-state index contributed by atoms with van der Waals surface area (Å²) in [5.41, 5.74) is 2.01. The van der Waals surface area contributed by atoms with Gasteiger partial charge in [0.15, 0.2) is 12.1 Å². The molecule has 0 bridgehead atoms. The summed E-state index contributed by atoms with van der Waals surface area (Å²) in [5, 5.41) is 2.83. The van der Waals surface area contributed by atoms with Crippen molar-refractivity contribution in [3.05, 3.63) is 65.5 Å². The summed E-state index contributed by atoms with van der Waals surface area (Å²) in [6, 6.07) is 12.0. The van der Waals surface area contributed by atoms with E-state index in [9.17, 15) is 18.8 Å². The van der Waals surface area contributed by atoms with Crippen LogP contribution in [0.2, 0.25) is 0 Å². The van der Waals surface area contributed by atoms with E-state index in [1.54, 1.807) is 41.3 Å². The Balaban J connectivity index is 1.60. The lowest BCUT2D eigenvalue weighted by Gasteiger charge is -2.28. The number of ether oxygens (including phenoxy) is 1. The Bertz CT molecular complexity index is 1020. The molecule has 1 N–H and O–H groups in total. The number of cyclic esters (lactones) is 1. The van der Waals surface area contributed by atoms with E-state index in [-0.39, 0.29) is 30.1 Å². The Morgan fingerprint density at radius 1 is 1.06 bits per heavy atom. The van der Waals surface area contributed by atoms with Crippen LogP contribution in [0.3, 0.4) is 0 Å². The predicted molar refractivity (Wildman–Crippen MR) is 121 cm³/mol. The van der Waals surface area contributed by atoms with Crippen LogP contribution < -0.4 is 5.32 Å². The fraction of sp³-hybridized carbons (Fsp3) is 0.400. The van der Waals surface area contributed by atoms with Crippen LogP contribution in [-0.4, -0.2) is 46.8 Å². The number of anilines is 1. The molecule has 0 unspecified atom stereocenters. The molecule has 0 aliphatic carbocycles. The molecule has 7 nitrogen and oxygen atoms in total. The van der Waals surface area contributed by atoms with Gasteiger partial charge in [-0.15, -0.1) is 0 Å². The minimum Gasteiger partial charge on any atom is -0.438 e. The van der Waals surface area contributed by atoms with Crippen LogP contribution in [0.15, 0.2) is 48.5 Å². The third kappa shape index (κ3) is 4.99. The minimum atomic E-state index is -0.822. The molecule has 0 saturated carbocycles. The molecule has 2 aliphatic heterocycles. The van der Waals surface area contributed by atoms with Crippen molar-refractivity contribution < 1.29 is 23.5 Å². The number of hydrogen-bond donors (Lipinski definition) is 1. The zero-order valence-corrected chi connectivity index (χ0v) is 18.8. The van der Waals surface area contributed by atoms with Crippen molar-refractivity contribution in [3.8, 4) is 0 Å². The number of benzene rings is 2. The summed E-state index contributed by atoms with van der Waals surface area (Å²) < 4.78 is 19.0. The maximum Gasteiger partial charge on any atom is 0.411 e. The number of nitrogens with zero attached hydrogens (tertiary/aromatic N) is 2. The van der Waals surface area contributed by atoms with E-state index >= 15 is 0 Å². The summed E-state index contributed by atoms with van der Waals surface area (Å²) >= 11 is 0. The summed E-state index contributed by atoms with van der Waals surface area (Å²) in [6.45, 7) is 5.07. The van der Waals surface area contributed by atoms with Crippen molar-refractivity contribution in [2.45, 2.75) is 45.4 Å². The Morgan fingerprint density at radius 2 is 1.70 bits per heavy atom. The van der Waals surface area contributed by atoms with Gasteiger partial charge in [-0.1, -0.05) is 38.1 Å². The molecule has 0 spiro atoms. The highest BCUT2D eigenvalue weighted by atomic mass is 19.1. The average Bonchev–Trinajstić information content (AvgIpc) is 3.44. The maximum absolute atomic E-state index is 13.5. The molecule has 4 rings (SSSR count). The van der Waals surface area contributed by atoms with Crippen LogP contribution >= 0.6 is 0 Å². The minimum absolute atomic E-state index is 0.0948. The largest absolute Gasteiger partial charge is 0.438 e. The van der Waals surface area contributed by atoms with Crippen molar-refractivity contribution in [2.24, 2.45) is 5.92 Å². The topological polar surface area (TPSA) is 79.0 Å². The number of likely N-dealkylation sites (tertiary alicyclic amines) is 1. The van der Waals surface area contributed by atoms with E-state index in [0.29, 0.717) is 29.9 Å². The average molecular weight is 454 g/mol. The number of nitrogens with one attached hydrogen (secondary N) is 1. The molecular formula is C25H28FN3O4. The van der Waals surface area contributed by atoms with Crippen molar-refractivity contribution in [2.75, 3.05) is 18.4 Å². The quantitative estimate of drug-likeness (QED) is 0.714. The van der Waals surface area contributed by atoms with E-state index in [4.69, 9.17) is 4.74 Å².